The van der Waals surface area contributed by atoms with Crippen molar-refractivity contribution in [2.75, 3.05) is 6.67 Å². The third-order valence-electron chi connectivity index (χ3n) is 0.871. The smallest absolute Gasteiger partial charge is 0.187 e. The molecular weight excluding hydrogens is 128 g/mol. The van der Waals surface area contributed by atoms with Crippen molar-refractivity contribution in [3.05, 3.63) is 0 Å². The summed E-state index contributed by atoms with van der Waals surface area (Å²) >= 11 is 0. The molecule has 0 rings (SSSR count). The van der Waals surface area contributed by atoms with Crippen LogP contribution >= 0.6 is 0 Å². The van der Waals surface area contributed by atoms with Gasteiger partial charge in [-0.25, -0.2) is 4.99 Å². The molecule has 60 valence electrons. The number of hydrogen-bond donors (Lipinski definition) is 3. The molecule has 0 aromatic heterocycles. The topological polar surface area (TPSA) is 76.4 Å². The summed E-state index contributed by atoms with van der Waals surface area (Å²) in [5.41, 5.74) is 10.3. The van der Waals surface area contributed by atoms with Gasteiger partial charge in [-0.1, -0.05) is 0 Å². The summed E-state index contributed by atoms with van der Waals surface area (Å²) in [4.78, 5) is 3.77. The Morgan fingerprint density at radius 3 is 2.20 bits per heavy atom. The molecule has 0 aliphatic heterocycles. The van der Waals surface area contributed by atoms with E-state index < -0.39 is 0 Å². The lowest BCUT2D eigenvalue weighted by molar-refractivity contribution is 0.434. The van der Waals surface area contributed by atoms with E-state index in [2.05, 4.69) is 31.1 Å². The summed E-state index contributed by atoms with van der Waals surface area (Å²) in [7, 11) is 0. The Morgan fingerprint density at radius 1 is 1.40 bits per heavy atom. The highest BCUT2D eigenvalue weighted by Gasteiger charge is 2.06. The maximum atomic E-state index is 5.11. The van der Waals surface area contributed by atoms with Crippen molar-refractivity contribution in [1.29, 1.82) is 0 Å². The van der Waals surface area contributed by atoms with Gasteiger partial charge < -0.3 is 11.5 Å². The lowest BCUT2D eigenvalue weighted by Crippen LogP contribution is -2.37. The van der Waals surface area contributed by atoms with Gasteiger partial charge in [-0.3, -0.25) is 5.32 Å². The van der Waals surface area contributed by atoms with Crippen LogP contribution in [0.4, 0.5) is 0 Å². The zero-order valence-electron chi connectivity index (χ0n) is 6.81. The SMILES string of the molecule is CC(C)(C)NCN=C(N)N. The number of rotatable bonds is 2. The van der Waals surface area contributed by atoms with E-state index in [9.17, 15) is 0 Å². The lowest BCUT2D eigenvalue weighted by atomic mass is 10.1. The molecule has 0 radical (unpaired) electrons. The first-order chi connectivity index (χ1) is 4.42. The molecule has 0 bridgehead atoms. The zero-order valence-corrected chi connectivity index (χ0v) is 6.81. The van der Waals surface area contributed by atoms with Gasteiger partial charge in [0.25, 0.3) is 0 Å². The molecule has 0 saturated carbocycles. The minimum Gasteiger partial charge on any atom is -0.370 e. The van der Waals surface area contributed by atoms with Crippen LogP contribution in [0.15, 0.2) is 4.99 Å². The molecule has 0 fully saturated rings. The first-order valence-corrected chi connectivity index (χ1v) is 3.22. The van der Waals surface area contributed by atoms with Gasteiger partial charge in [0.2, 0.25) is 0 Å². The van der Waals surface area contributed by atoms with Gasteiger partial charge in [0, 0.05) is 5.54 Å². The monoisotopic (exact) mass is 144 g/mol. The second kappa shape index (κ2) is 3.41. The molecule has 0 aliphatic rings. The number of aliphatic imine (C=N–C) groups is 1. The molecule has 0 spiro atoms. The number of nitrogens with one attached hydrogen (secondary N) is 1. The molecular formula is C6H16N4. The van der Waals surface area contributed by atoms with Crippen molar-refractivity contribution in [3.63, 3.8) is 0 Å². The average Bonchev–Trinajstić information content (AvgIpc) is 1.59. The molecule has 10 heavy (non-hydrogen) atoms. The summed E-state index contributed by atoms with van der Waals surface area (Å²) in [6.45, 7) is 6.63. The van der Waals surface area contributed by atoms with E-state index in [4.69, 9.17) is 11.5 Å². The summed E-state index contributed by atoms with van der Waals surface area (Å²) in [6.07, 6.45) is 0. The Morgan fingerprint density at radius 2 is 1.90 bits per heavy atom. The van der Waals surface area contributed by atoms with Crippen molar-refractivity contribution in [1.82, 2.24) is 5.32 Å². The predicted molar refractivity (Wildman–Crippen MR) is 43.6 cm³/mol. The quantitative estimate of drug-likeness (QED) is 0.365. The maximum Gasteiger partial charge on any atom is 0.187 e. The highest BCUT2D eigenvalue weighted by molar-refractivity contribution is 5.75. The fourth-order valence-corrected chi connectivity index (χ4v) is 0.368. The van der Waals surface area contributed by atoms with E-state index >= 15 is 0 Å². The van der Waals surface area contributed by atoms with Gasteiger partial charge in [-0.2, -0.15) is 0 Å². The number of hydrogen-bond acceptors (Lipinski definition) is 2. The molecule has 0 aromatic rings. The van der Waals surface area contributed by atoms with E-state index in [1.807, 2.05) is 0 Å². The standard InChI is InChI=1S/C6H16N4/c1-6(2,3)10-4-9-5(7)8/h10H,4H2,1-3H3,(H4,7,8,9). The van der Waals surface area contributed by atoms with Crippen molar-refractivity contribution < 1.29 is 0 Å². The summed E-state index contributed by atoms with van der Waals surface area (Å²) in [6, 6.07) is 0. The molecule has 0 unspecified atom stereocenters. The number of nitrogens with two attached hydrogens (primary N) is 2. The van der Waals surface area contributed by atoms with Crippen LogP contribution in [0.5, 0.6) is 0 Å². The largest absolute Gasteiger partial charge is 0.370 e. The minimum absolute atomic E-state index is 0.0684. The Balaban J connectivity index is 3.47. The van der Waals surface area contributed by atoms with Crippen LogP contribution in [-0.2, 0) is 0 Å². The predicted octanol–water partition coefficient (Wildman–Crippen LogP) is -0.395. The van der Waals surface area contributed by atoms with Crippen molar-refractivity contribution in [3.8, 4) is 0 Å². The minimum atomic E-state index is 0.0684. The molecule has 4 heteroatoms. The molecule has 0 aliphatic carbocycles. The van der Waals surface area contributed by atoms with Crippen LogP contribution in [0.3, 0.4) is 0 Å². The van der Waals surface area contributed by atoms with Crippen LogP contribution in [-0.4, -0.2) is 18.2 Å². The van der Waals surface area contributed by atoms with E-state index in [1.54, 1.807) is 0 Å². The molecule has 0 saturated heterocycles. The van der Waals surface area contributed by atoms with Crippen molar-refractivity contribution in [2.24, 2.45) is 16.5 Å². The Kier molecular flexibility index (Phi) is 3.15. The van der Waals surface area contributed by atoms with Gasteiger partial charge in [-0.05, 0) is 20.8 Å². The maximum absolute atomic E-state index is 5.11. The fourth-order valence-electron chi connectivity index (χ4n) is 0.368. The normalized spacial score (nSPS) is 11.1. The number of nitrogens with zero attached hydrogens (tertiary/aromatic N) is 1. The highest BCUT2D eigenvalue weighted by Crippen LogP contribution is 1.96. The van der Waals surface area contributed by atoms with Gasteiger partial charge in [0.05, 0.1) is 6.67 Å². The van der Waals surface area contributed by atoms with E-state index in [0.717, 1.165) is 0 Å². The van der Waals surface area contributed by atoms with E-state index in [0.29, 0.717) is 6.67 Å². The Hall–Kier alpha value is -0.770. The summed E-state index contributed by atoms with van der Waals surface area (Å²) in [5.74, 6) is 0.122. The van der Waals surface area contributed by atoms with Crippen LogP contribution in [0.2, 0.25) is 0 Å². The van der Waals surface area contributed by atoms with Gasteiger partial charge in [0.1, 0.15) is 0 Å². The van der Waals surface area contributed by atoms with Crippen LogP contribution < -0.4 is 16.8 Å². The summed E-state index contributed by atoms with van der Waals surface area (Å²) in [5, 5.41) is 3.11. The first kappa shape index (κ1) is 9.23. The lowest BCUT2D eigenvalue weighted by Gasteiger charge is -2.18. The zero-order chi connectivity index (χ0) is 8.20. The average molecular weight is 144 g/mol. The van der Waals surface area contributed by atoms with Crippen LogP contribution in [0.1, 0.15) is 20.8 Å². The molecule has 5 N–H and O–H groups in total. The fraction of sp³-hybridized carbons (Fsp3) is 0.833. The molecule has 0 atom stereocenters. The molecule has 4 nitrogen and oxygen atoms in total. The third-order valence-corrected chi connectivity index (χ3v) is 0.871. The Labute approximate surface area is 61.7 Å². The molecule has 0 amide bonds. The summed E-state index contributed by atoms with van der Waals surface area (Å²) < 4.78 is 0. The third kappa shape index (κ3) is 7.23. The molecule has 0 heterocycles. The van der Waals surface area contributed by atoms with Gasteiger partial charge >= 0.3 is 0 Å². The number of guanidine groups is 1. The highest BCUT2D eigenvalue weighted by atomic mass is 15.1. The van der Waals surface area contributed by atoms with Gasteiger partial charge in [-0.15, -0.1) is 0 Å². The van der Waals surface area contributed by atoms with E-state index in [1.165, 1.54) is 0 Å². The van der Waals surface area contributed by atoms with Crippen LogP contribution in [0.25, 0.3) is 0 Å². The van der Waals surface area contributed by atoms with E-state index in [-0.39, 0.29) is 11.5 Å². The Bertz CT molecular complexity index is 118. The molecule has 0 aromatic carbocycles. The van der Waals surface area contributed by atoms with Crippen LogP contribution in [0, 0.1) is 0 Å². The first-order valence-electron chi connectivity index (χ1n) is 3.22. The van der Waals surface area contributed by atoms with Crippen molar-refractivity contribution >= 4 is 5.96 Å². The van der Waals surface area contributed by atoms with Gasteiger partial charge in [0.15, 0.2) is 5.96 Å². The second-order valence-electron chi connectivity index (χ2n) is 3.17. The second-order valence-corrected chi connectivity index (χ2v) is 3.17. The van der Waals surface area contributed by atoms with Crippen molar-refractivity contribution in [2.45, 2.75) is 26.3 Å².